The van der Waals surface area contributed by atoms with Crippen molar-refractivity contribution >= 4 is 11.8 Å². The molecule has 5 heteroatoms. The van der Waals surface area contributed by atoms with Crippen molar-refractivity contribution in [3.8, 4) is 0 Å². The molecule has 27 heavy (non-hydrogen) atoms. The lowest BCUT2D eigenvalue weighted by atomic mass is 9.90. The molecule has 3 atom stereocenters. The molecule has 2 N–H and O–H groups in total. The summed E-state index contributed by atoms with van der Waals surface area (Å²) in [7, 11) is 0. The van der Waals surface area contributed by atoms with E-state index in [2.05, 4.69) is 43.2 Å². The Hall–Kier alpha value is -1.10. The normalized spacial score (nSPS) is 32.2. The summed E-state index contributed by atoms with van der Waals surface area (Å²) in [6.07, 6.45) is 4.55. The van der Waals surface area contributed by atoms with E-state index in [9.17, 15) is 9.59 Å². The molecule has 0 spiro atoms. The number of rotatable bonds is 5. The highest BCUT2D eigenvalue weighted by atomic mass is 16.2. The van der Waals surface area contributed by atoms with E-state index in [4.69, 9.17) is 0 Å². The van der Waals surface area contributed by atoms with E-state index in [0.29, 0.717) is 24.5 Å². The van der Waals surface area contributed by atoms with E-state index in [1.807, 2.05) is 20.8 Å². The van der Waals surface area contributed by atoms with Crippen LogP contribution in [-0.2, 0) is 9.59 Å². The van der Waals surface area contributed by atoms with Gasteiger partial charge < -0.3 is 10.6 Å². The number of nitrogens with one attached hydrogen (secondary N) is 2. The first-order chi connectivity index (χ1) is 12.3. The van der Waals surface area contributed by atoms with Crippen LogP contribution in [0.15, 0.2) is 0 Å². The molecule has 2 heterocycles. The molecule has 2 saturated heterocycles. The highest BCUT2D eigenvalue weighted by Crippen LogP contribution is 2.68. The summed E-state index contributed by atoms with van der Waals surface area (Å²) >= 11 is 0. The molecule has 0 unspecified atom stereocenters. The molecule has 0 aromatic carbocycles. The number of carbonyl (C=O) groups excluding carboxylic acids is 2. The second-order valence-corrected chi connectivity index (χ2v) is 11.3. The van der Waals surface area contributed by atoms with Crippen LogP contribution in [0, 0.1) is 22.7 Å². The van der Waals surface area contributed by atoms with Crippen molar-refractivity contribution in [2.75, 3.05) is 13.1 Å². The minimum absolute atomic E-state index is 0.0971. The monoisotopic (exact) mass is 377 g/mol. The van der Waals surface area contributed by atoms with Gasteiger partial charge in [0.15, 0.2) is 0 Å². The maximum Gasteiger partial charge on any atom is 0.234 e. The number of amides is 2. The first-order valence-electron chi connectivity index (χ1n) is 10.7. The highest BCUT2D eigenvalue weighted by molar-refractivity contribution is 5.84. The van der Waals surface area contributed by atoms with E-state index in [1.165, 1.54) is 12.8 Å². The summed E-state index contributed by atoms with van der Waals surface area (Å²) < 4.78 is 0. The predicted molar refractivity (Wildman–Crippen MR) is 108 cm³/mol. The fourth-order valence-corrected chi connectivity index (χ4v) is 5.63. The number of hydrogen-bond donors (Lipinski definition) is 2. The Balaban J connectivity index is 1.48. The topological polar surface area (TPSA) is 61.4 Å². The maximum absolute atomic E-state index is 12.6. The highest BCUT2D eigenvalue weighted by Gasteiger charge is 2.68. The Kier molecular flexibility index (Phi) is 5.16. The van der Waals surface area contributed by atoms with Gasteiger partial charge in [-0.25, -0.2) is 0 Å². The lowest BCUT2D eigenvalue weighted by molar-refractivity contribution is -0.125. The van der Waals surface area contributed by atoms with Gasteiger partial charge in [-0.3, -0.25) is 14.5 Å². The molecule has 154 valence electrons. The Morgan fingerprint density at radius 3 is 1.96 bits per heavy atom. The number of nitrogens with zero attached hydrogens (tertiary/aromatic N) is 1. The van der Waals surface area contributed by atoms with Gasteiger partial charge in [0.05, 0.1) is 6.54 Å². The van der Waals surface area contributed by atoms with Gasteiger partial charge in [-0.15, -0.1) is 0 Å². The third-order valence-electron chi connectivity index (χ3n) is 7.67. The zero-order valence-electron chi connectivity index (χ0n) is 18.3. The first-order valence-corrected chi connectivity index (χ1v) is 10.7. The van der Waals surface area contributed by atoms with Crippen LogP contribution in [0.25, 0.3) is 0 Å². The maximum atomic E-state index is 12.6. The van der Waals surface area contributed by atoms with E-state index < -0.39 is 0 Å². The molecular formula is C22H39N3O2. The average molecular weight is 378 g/mol. The Labute approximate surface area is 165 Å². The lowest BCUT2D eigenvalue weighted by Gasteiger charge is -2.39. The van der Waals surface area contributed by atoms with Gasteiger partial charge in [-0.05, 0) is 63.2 Å². The van der Waals surface area contributed by atoms with Crippen LogP contribution in [0.1, 0.15) is 74.1 Å². The second-order valence-electron chi connectivity index (χ2n) is 11.3. The predicted octanol–water partition coefficient (Wildman–Crippen LogP) is 2.94. The molecule has 5 nitrogen and oxygen atoms in total. The molecule has 1 aliphatic carbocycles. The molecule has 2 amide bonds. The molecule has 0 aromatic heterocycles. The third kappa shape index (κ3) is 4.03. The van der Waals surface area contributed by atoms with Gasteiger partial charge in [0, 0.05) is 30.1 Å². The van der Waals surface area contributed by atoms with Gasteiger partial charge in [-0.2, -0.15) is 0 Å². The van der Waals surface area contributed by atoms with Crippen molar-refractivity contribution in [3.05, 3.63) is 0 Å². The van der Waals surface area contributed by atoms with E-state index in [-0.39, 0.29) is 34.1 Å². The van der Waals surface area contributed by atoms with Crippen LogP contribution >= 0.6 is 0 Å². The standard InChI is InChI=1S/C22H39N3O2/c1-20(2,3)24-17(26)13-25-15-8-9-16(25)11-14(10-15)12-23-19(27)18-21(4,5)22(18,6)7/h14-16,18H,8-13H2,1-7H3,(H,23,27)(H,24,26)/t14-,15-,16+. The molecule has 2 bridgehead atoms. The summed E-state index contributed by atoms with van der Waals surface area (Å²) in [5, 5.41) is 6.33. The van der Waals surface area contributed by atoms with Gasteiger partial charge >= 0.3 is 0 Å². The molecule has 3 aliphatic rings. The first kappa shape index (κ1) is 20.6. The van der Waals surface area contributed by atoms with Gasteiger partial charge in [-0.1, -0.05) is 27.7 Å². The summed E-state index contributed by atoms with van der Waals surface area (Å²) in [4.78, 5) is 27.4. The zero-order chi connectivity index (χ0) is 20.2. The lowest BCUT2D eigenvalue weighted by Crippen LogP contribution is -2.52. The van der Waals surface area contributed by atoms with E-state index in [0.717, 1.165) is 19.4 Å². The van der Waals surface area contributed by atoms with Crippen LogP contribution in [0.3, 0.4) is 0 Å². The number of piperidine rings is 1. The minimum atomic E-state index is -0.177. The second kappa shape index (κ2) is 6.75. The fraction of sp³-hybridized carbons (Fsp3) is 0.909. The molecule has 1 saturated carbocycles. The summed E-state index contributed by atoms with van der Waals surface area (Å²) in [6.45, 7) is 16.1. The fourth-order valence-electron chi connectivity index (χ4n) is 5.63. The Morgan fingerprint density at radius 1 is 1.00 bits per heavy atom. The molecule has 2 aliphatic heterocycles. The van der Waals surface area contributed by atoms with Crippen LogP contribution in [0.5, 0.6) is 0 Å². The van der Waals surface area contributed by atoms with E-state index >= 15 is 0 Å². The van der Waals surface area contributed by atoms with Crippen molar-refractivity contribution in [2.24, 2.45) is 22.7 Å². The summed E-state index contributed by atoms with van der Waals surface area (Å²) in [5.74, 6) is 1.02. The Bertz CT molecular complexity index is 577. The zero-order valence-corrected chi connectivity index (χ0v) is 18.3. The third-order valence-corrected chi connectivity index (χ3v) is 7.67. The number of hydrogen-bond acceptors (Lipinski definition) is 3. The number of carbonyl (C=O) groups is 2. The summed E-state index contributed by atoms with van der Waals surface area (Å²) in [5.41, 5.74) is 0.0167. The smallest absolute Gasteiger partial charge is 0.234 e. The van der Waals surface area contributed by atoms with Gasteiger partial charge in [0.2, 0.25) is 11.8 Å². The van der Waals surface area contributed by atoms with Crippen LogP contribution in [0.4, 0.5) is 0 Å². The van der Waals surface area contributed by atoms with Crippen LogP contribution < -0.4 is 10.6 Å². The van der Waals surface area contributed by atoms with Crippen molar-refractivity contribution in [1.29, 1.82) is 0 Å². The van der Waals surface area contributed by atoms with Crippen molar-refractivity contribution in [2.45, 2.75) is 91.8 Å². The summed E-state index contributed by atoms with van der Waals surface area (Å²) in [6, 6.07) is 0.982. The van der Waals surface area contributed by atoms with Crippen molar-refractivity contribution in [3.63, 3.8) is 0 Å². The SMILES string of the molecule is CC(C)(C)NC(=O)CN1[C@@H]2CC[C@H]1C[C@H](CNC(=O)C1C(C)(C)C1(C)C)C2. The molecule has 0 aromatic rings. The molecule has 3 fully saturated rings. The largest absolute Gasteiger partial charge is 0.356 e. The minimum Gasteiger partial charge on any atom is -0.356 e. The van der Waals surface area contributed by atoms with Crippen molar-refractivity contribution in [1.82, 2.24) is 15.5 Å². The average Bonchev–Trinajstić information content (AvgIpc) is 2.81. The van der Waals surface area contributed by atoms with Crippen LogP contribution in [0.2, 0.25) is 0 Å². The van der Waals surface area contributed by atoms with Gasteiger partial charge in [0.25, 0.3) is 0 Å². The van der Waals surface area contributed by atoms with E-state index in [1.54, 1.807) is 0 Å². The molecular weight excluding hydrogens is 338 g/mol. The molecule has 3 rings (SSSR count). The van der Waals surface area contributed by atoms with Crippen molar-refractivity contribution < 1.29 is 9.59 Å². The molecule has 0 radical (unpaired) electrons. The Morgan fingerprint density at radius 2 is 1.52 bits per heavy atom. The van der Waals surface area contributed by atoms with Gasteiger partial charge in [0.1, 0.15) is 0 Å². The quantitative estimate of drug-likeness (QED) is 0.774. The number of fused-ring (bicyclic) bond motifs is 2. The van der Waals surface area contributed by atoms with Crippen LogP contribution in [-0.4, -0.2) is 47.4 Å².